The molecule has 22 heavy (non-hydrogen) atoms. The van der Waals surface area contributed by atoms with Crippen LogP contribution < -0.4 is 0 Å². The van der Waals surface area contributed by atoms with Gasteiger partial charge < -0.3 is 9.42 Å². The molecule has 4 heteroatoms. The third kappa shape index (κ3) is 3.28. The molecule has 1 unspecified atom stereocenters. The molecule has 0 N–H and O–H groups in total. The van der Waals surface area contributed by atoms with E-state index < -0.39 is 0 Å². The molecule has 0 spiro atoms. The number of hydrogen-bond donors (Lipinski definition) is 0. The normalized spacial score (nSPS) is 16.8. The highest BCUT2D eigenvalue weighted by molar-refractivity contribution is 5.96. The van der Waals surface area contributed by atoms with Gasteiger partial charge in [-0.15, -0.1) is 0 Å². The van der Waals surface area contributed by atoms with Gasteiger partial charge >= 0.3 is 0 Å². The zero-order chi connectivity index (χ0) is 15.4. The topological polar surface area (TPSA) is 46.3 Å². The van der Waals surface area contributed by atoms with E-state index in [9.17, 15) is 4.79 Å². The molecule has 0 radical (unpaired) electrons. The molecule has 1 aliphatic heterocycles. The summed E-state index contributed by atoms with van der Waals surface area (Å²) in [7, 11) is 0. The van der Waals surface area contributed by atoms with Crippen LogP contribution in [-0.2, 0) is 0 Å². The summed E-state index contributed by atoms with van der Waals surface area (Å²) in [5.41, 5.74) is 1.69. The summed E-state index contributed by atoms with van der Waals surface area (Å²) < 4.78 is 5.31. The number of benzene rings is 1. The molecular formula is C18H22N2O2. The summed E-state index contributed by atoms with van der Waals surface area (Å²) in [5, 5.41) is 4.05. The first-order valence-corrected chi connectivity index (χ1v) is 8.06. The Labute approximate surface area is 131 Å². The fourth-order valence-corrected chi connectivity index (χ4v) is 3.01. The minimum Gasteiger partial charge on any atom is -0.352 e. The molecule has 1 fully saturated rings. The molecule has 1 aromatic carbocycles. The number of nitrogens with zero attached hydrogens (tertiary/aromatic N) is 2. The van der Waals surface area contributed by atoms with Crippen molar-refractivity contribution in [3.05, 3.63) is 42.2 Å². The van der Waals surface area contributed by atoms with Gasteiger partial charge in [-0.3, -0.25) is 4.79 Å². The van der Waals surface area contributed by atoms with Gasteiger partial charge in [-0.2, -0.15) is 0 Å². The fraction of sp³-hybridized carbons (Fsp3) is 0.444. The minimum atomic E-state index is -0.00493. The maximum Gasteiger partial charge on any atom is 0.205 e. The molecule has 0 bridgehead atoms. The number of Topliss-reactive ketones (excluding diaryl/α,β-unsaturated/α-hetero) is 1. The number of ketones is 1. The Balaban J connectivity index is 1.72. The van der Waals surface area contributed by atoms with Crippen LogP contribution in [0.3, 0.4) is 0 Å². The lowest BCUT2D eigenvalue weighted by Crippen LogP contribution is -2.30. The van der Waals surface area contributed by atoms with E-state index >= 15 is 0 Å². The number of carbonyl (C=O) groups excluding carboxylic acids is 1. The van der Waals surface area contributed by atoms with Gasteiger partial charge in [0.05, 0.1) is 0 Å². The van der Waals surface area contributed by atoms with Crippen molar-refractivity contribution in [1.29, 1.82) is 0 Å². The standard InChI is InChI=1S/C18H22N2O2/c1-2-14(13-20-10-6-7-11-20)18(21)17-12-16(19-22-17)15-8-4-3-5-9-15/h3-5,8-9,12,14H,2,6-7,10-11,13H2,1H3. The average Bonchev–Trinajstić information content (AvgIpc) is 3.24. The predicted octanol–water partition coefficient (Wildman–Crippen LogP) is 3.65. The molecule has 0 amide bonds. The lowest BCUT2D eigenvalue weighted by molar-refractivity contribution is 0.0847. The Bertz CT molecular complexity index is 615. The van der Waals surface area contributed by atoms with Crippen molar-refractivity contribution in [3.63, 3.8) is 0 Å². The summed E-state index contributed by atoms with van der Waals surface area (Å²) >= 11 is 0. The highest BCUT2D eigenvalue weighted by Crippen LogP contribution is 2.22. The van der Waals surface area contributed by atoms with Crippen molar-refractivity contribution in [2.24, 2.45) is 5.92 Å². The Kier molecular flexibility index (Phi) is 4.68. The molecule has 1 saturated heterocycles. The Morgan fingerprint density at radius 2 is 2.00 bits per heavy atom. The van der Waals surface area contributed by atoms with E-state index in [-0.39, 0.29) is 11.7 Å². The molecule has 0 aliphatic carbocycles. The van der Waals surface area contributed by atoms with E-state index in [0.29, 0.717) is 5.76 Å². The average molecular weight is 298 g/mol. The van der Waals surface area contributed by atoms with Crippen LogP contribution in [0.25, 0.3) is 11.3 Å². The van der Waals surface area contributed by atoms with E-state index in [1.807, 2.05) is 30.3 Å². The molecule has 0 saturated carbocycles. The van der Waals surface area contributed by atoms with E-state index in [0.717, 1.165) is 37.3 Å². The molecule has 1 atom stereocenters. The first-order valence-electron chi connectivity index (χ1n) is 8.06. The summed E-state index contributed by atoms with van der Waals surface area (Å²) in [6.07, 6.45) is 3.31. The number of carbonyl (C=O) groups is 1. The van der Waals surface area contributed by atoms with Crippen LogP contribution >= 0.6 is 0 Å². The Hall–Kier alpha value is -1.94. The molecular weight excluding hydrogens is 276 g/mol. The van der Waals surface area contributed by atoms with Crippen LogP contribution in [0.5, 0.6) is 0 Å². The van der Waals surface area contributed by atoms with Gasteiger partial charge in [0.1, 0.15) is 5.69 Å². The summed E-state index contributed by atoms with van der Waals surface area (Å²) in [4.78, 5) is 15.0. The van der Waals surface area contributed by atoms with Crippen molar-refractivity contribution < 1.29 is 9.32 Å². The Morgan fingerprint density at radius 3 is 2.68 bits per heavy atom. The van der Waals surface area contributed by atoms with Crippen molar-refractivity contribution >= 4 is 5.78 Å². The molecule has 116 valence electrons. The highest BCUT2D eigenvalue weighted by atomic mass is 16.5. The van der Waals surface area contributed by atoms with Crippen LogP contribution in [0.4, 0.5) is 0 Å². The fourth-order valence-electron chi connectivity index (χ4n) is 3.01. The third-order valence-corrected chi connectivity index (χ3v) is 4.36. The number of hydrogen-bond acceptors (Lipinski definition) is 4. The maximum absolute atomic E-state index is 12.6. The first-order chi connectivity index (χ1) is 10.8. The quantitative estimate of drug-likeness (QED) is 0.764. The maximum atomic E-state index is 12.6. The summed E-state index contributed by atoms with van der Waals surface area (Å²) in [6, 6.07) is 11.6. The Morgan fingerprint density at radius 1 is 1.27 bits per heavy atom. The molecule has 4 nitrogen and oxygen atoms in total. The van der Waals surface area contributed by atoms with Gasteiger partial charge in [-0.25, -0.2) is 0 Å². The summed E-state index contributed by atoms with van der Waals surface area (Å²) in [6.45, 7) is 5.11. The number of likely N-dealkylation sites (tertiary alicyclic amines) is 1. The molecule has 3 rings (SSSR count). The SMILES string of the molecule is CCC(CN1CCCC1)C(=O)c1cc(-c2ccccc2)no1. The van der Waals surface area contributed by atoms with E-state index in [4.69, 9.17) is 4.52 Å². The number of aromatic nitrogens is 1. The minimum absolute atomic E-state index is 0.00493. The van der Waals surface area contributed by atoms with Crippen LogP contribution in [0.15, 0.2) is 40.9 Å². The van der Waals surface area contributed by atoms with Crippen LogP contribution in [0.1, 0.15) is 36.7 Å². The van der Waals surface area contributed by atoms with E-state index in [2.05, 4.69) is 17.0 Å². The van der Waals surface area contributed by atoms with Gasteiger partial charge in [0.15, 0.2) is 0 Å². The van der Waals surface area contributed by atoms with Gasteiger partial charge in [0.2, 0.25) is 11.5 Å². The van der Waals surface area contributed by atoms with Gasteiger partial charge in [-0.1, -0.05) is 42.4 Å². The predicted molar refractivity (Wildman–Crippen MR) is 85.7 cm³/mol. The van der Waals surface area contributed by atoms with Crippen molar-refractivity contribution in [3.8, 4) is 11.3 Å². The largest absolute Gasteiger partial charge is 0.352 e. The van der Waals surface area contributed by atoms with Gasteiger partial charge in [0.25, 0.3) is 0 Å². The van der Waals surface area contributed by atoms with Crippen LogP contribution in [0, 0.1) is 5.92 Å². The van der Waals surface area contributed by atoms with Crippen LogP contribution in [0.2, 0.25) is 0 Å². The second-order valence-corrected chi connectivity index (χ2v) is 5.92. The van der Waals surface area contributed by atoms with Crippen molar-refractivity contribution in [2.45, 2.75) is 26.2 Å². The van der Waals surface area contributed by atoms with E-state index in [1.54, 1.807) is 6.07 Å². The molecule has 1 aromatic heterocycles. The second-order valence-electron chi connectivity index (χ2n) is 5.92. The summed E-state index contributed by atoms with van der Waals surface area (Å²) in [5.74, 6) is 0.448. The highest BCUT2D eigenvalue weighted by Gasteiger charge is 2.26. The van der Waals surface area contributed by atoms with Gasteiger partial charge in [0, 0.05) is 24.1 Å². The van der Waals surface area contributed by atoms with E-state index in [1.165, 1.54) is 12.8 Å². The molecule has 2 aromatic rings. The first kappa shape index (κ1) is 15.0. The molecule has 1 aliphatic rings. The second kappa shape index (κ2) is 6.88. The van der Waals surface area contributed by atoms with Crippen LogP contribution in [-0.4, -0.2) is 35.5 Å². The zero-order valence-corrected chi connectivity index (χ0v) is 13.0. The van der Waals surface area contributed by atoms with Crippen molar-refractivity contribution in [1.82, 2.24) is 10.1 Å². The zero-order valence-electron chi connectivity index (χ0n) is 13.0. The lowest BCUT2D eigenvalue weighted by atomic mass is 9.98. The molecule has 2 heterocycles. The van der Waals surface area contributed by atoms with Gasteiger partial charge in [-0.05, 0) is 32.4 Å². The third-order valence-electron chi connectivity index (χ3n) is 4.36. The smallest absolute Gasteiger partial charge is 0.205 e. The van der Waals surface area contributed by atoms with Crippen molar-refractivity contribution in [2.75, 3.05) is 19.6 Å². The lowest BCUT2D eigenvalue weighted by Gasteiger charge is -2.20. The number of rotatable bonds is 6. The monoisotopic (exact) mass is 298 g/mol.